The van der Waals surface area contributed by atoms with Crippen LogP contribution in [0.25, 0.3) is 0 Å². The van der Waals surface area contributed by atoms with Gasteiger partial charge in [0.05, 0.1) is 13.7 Å². The fourth-order valence-electron chi connectivity index (χ4n) is 2.80. The number of aromatic nitrogens is 1. The molecule has 1 aromatic heterocycles. The van der Waals surface area contributed by atoms with Gasteiger partial charge in [0.25, 0.3) is 0 Å². The summed E-state index contributed by atoms with van der Waals surface area (Å²) in [5.41, 5.74) is 1.85. The van der Waals surface area contributed by atoms with Gasteiger partial charge >= 0.3 is 0 Å². The van der Waals surface area contributed by atoms with Gasteiger partial charge in [0.2, 0.25) is 5.88 Å². The molecule has 2 aromatic carbocycles. The van der Waals surface area contributed by atoms with Gasteiger partial charge in [0.1, 0.15) is 6.61 Å². The molecule has 7 heteroatoms. The molecule has 0 aliphatic carbocycles. The van der Waals surface area contributed by atoms with Crippen molar-refractivity contribution >= 4 is 23.2 Å². The van der Waals surface area contributed by atoms with E-state index in [1.54, 1.807) is 31.5 Å². The molecule has 3 rings (SSSR count). The Morgan fingerprint density at radius 1 is 0.933 bits per heavy atom. The lowest BCUT2D eigenvalue weighted by Gasteiger charge is -2.14. The molecule has 0 radical (unpaired) electrons. The first-order valence-corrected chi connectivity index (χ1v) is 10.4. The maximum absolute atomic E-state index is 6.21. The average molecular weight is 447 g/mol. The Morgan fingerprint density at radius 3 is 2.50 bits per heavy atom. The first kappa shape index (κ1) is 22.2. The third kappa shape index (κ3) is 6.52. The van der Waals surface area contributed by atoms with E-state index < -0.39 is 0 Å². The summed E-state index contributed by atoms with van der Waals surface area (Å²) in [4.78, 5) is 4.13. The minimum atomic E-state index is 0.267. The first-order valence-electron chi connectivity index (χ1n) is 9.64. The van der Waals surface area contributed by atoms with Gasteiger partial charge in [0, 0.05) is 34.4 Å². The molecule has 0 spiro atoms. The van der Waals surface area contributed by atoms with Crippen LogP contribution in [0.2, 0.25) is 10.0 Å². The number of nitrogens with one attached hydrogen (secondary N) is 1. The van der Waals surface area contributed by atoms with Crippen LogP contribution < -0.4 is 19.5 Å². The fourth-order valence-corrected chi connectivity index (χ4v) is 3.31. The molecule has 0 atom stereocenters. The second-order valence-electron chi connectivity index (χ2n) is 6.52. The van der Waals surface area contributed by atoms with E-state index in [0.717, 1.165) is 30.6 Å². The maximum atomic E-state index is 6.21. The van der Waals surface area contributed by atoms with Crippen molar-refractivity contribution in [2.45, 2.75) is 19.6 Å². The molecule has 0 bridgehead atoms. The van der Waals surface area contributed by atoms with E-state index in [4.69, 9.17) is 37.4 Å². The minimum absolute atomic E-state index is 0.267. The monoisotopic (exact) mass is 446 g/mol. The van der Waals surface area contributed by atoms with Gasteiger partial charge in [-0.3, -0.25) is 0 Å². The number of hydrogen-bond acceptors (Lipinski definition) is 5. The van der Waals surface area contributed by atoms with E-state index in [9.17, 15) is 0 Å². The number of methoxy groups -OCH3 is 1. The van der Waals surface area contributed by atoms with Crippen molar-refractivity contribution in [3.05, 3.63) is 82.0 Å². The number of rotatable bonds is 11. The van der Waals surface area contributed by atoms with Gasteiger partial charge in [-0.05, 0) is 48.9 Å². The SMILES string of the molecule is COc1cc(CNCCCOc2ccccn2)ccc1OCc1c(Cl)cccc1Cl. The molecular weight excluding hydrogens is 423 g/mol. The lowest BCUT2D eigenvalue weighted by Crippen LogP contribution is -2.17. The third-order valence-corrected chi connectivity index (χ3v) is 5.08. The van der Waals surface area contributed by atoms with Gasteiger partial charge < -0.3 is 19.5 Å². The van der Waals surface area contributed by atoms with Crippen LogP contribution in [0.1, 0.15) is 17.5 Å². The van der Waals surface area contributed by atoms with E-state index in [1.807, 2.05) is 36.4 Å². The van der Waals surface area contributed by atoms with Crippen LogP contribution in [0.15, 0.2) is 60.8 Å². The summed E-state index contributed by atoms with van der Waals surface area (Å²) in [5, 5.41) is 4.56. The summed E-state index contributed by atoms with van der Waals surface area (Å²) in [6.07, 6.45) is 2.60. The molecule has 30 heavy (non-hydrogen) atoms. The summed E-state index contributed by atoms with van der Waals surface area (Å²) in [6.45, 7) is 2.43. The minimum Gasteiger partial charge on any atom is -0.493 e. The van der Waals surface area contributed by atoms with Gasteiger partial charge in [-0.25, -0.2) is 4.98 Å². The molecule has 3 aromatic rings. The van der Waals surface area contributed by atoms with Crippen LogP contribution in [-0.2, 0) is 13.2 Å². The van der Waals surface area contributed by atoms with Crippen molar-refractivity contribution < 1.29 is 14.2 Å². The largest absolute Gasteiger partial charge is 0.493 e. The highest BCUT2D eigenvalue weighted by Gasteiger charge is 2.10. The van der Waals surface area contributed by atoms with Gasteiger partial charge in [-0.15, -0.1) is 0 Å². The number of nitrogens with zero attached hydrogens (tertiary/aromatic N) is 1. The van der Waals surface area contributed by atoms with Crippen molar-refractivity contribution in [2.24, 2.45) is 0 Å². The summed E-state index contributed by atoms with van der Waals surface area (Å²) in [6, 6.07) is 16.9. The molecule has 158 valence electrons. The second-order valence-corrected chi connectivity index (χ2v) is 7.34. The second kappa shape index (κ2) is 11.6. The molecule has 5 nitrogen and oxygen atoms in total. The topological polar surface area (TPSA) is 52.6 Å². The van der Waals surface area contributed by atoms with Crippen molar-refractivity contribution in [3.63, 3.8) is 0 Å². The Kier molecular flexibility index (Phi) is 8.63. The van der Waals surface area contributed by atoms with E-state index >= 15 is 0 Å². The standard InChI is InChI=1S/C23H24Cl2N2O3/c1-28-22-14-17(15-26-11-5-13-29-23-8-2-3-12-27-23)9-10-21(22)30-16-18-19(24)6-4-7-20(18)25/h2-4,6-10,12,14,26H,5,11,13,15-16H2,1H3. The normalized spacial score (nSPS) is 10.6. The predicted octanol–water partition coefficient (Wildman–Crippen LogP) is 5.53. The zero-order valence-electron chi connectivity index (χ0n) is 16.7. The molecule has 0 saturated carbocycles. The van der Waals surface area contributed by atoms with Gasteiger partial charge in [0.15, 0.2) is 11.5 Å². The lowest BCUT2D eigenvalue weighted by atomic mass is 10.2. The number of benzene rings is 2. The van der Waals surface area contributed by atoms with Crippen molar-refractivity contribution in [2.75, 3.05) is 20.3 Å². The zero-order chi connectivity index (χ0) is 21.2. The molecule has 1 N–H and O–H groups in total. The fraction of sp³-hybridized carbons (Fsp3) is 0.261. The molecule has 0 unspecified atom stereocenters. The van der Waals surface area contributed by atoms with Crippen LogP contribution in [-0.4, -0.2) is 25.2 Å². The first-order chi connectivity index (χ1) is 14.7. The van der Waals surface area contributed by atoms with Crippen LogP contribution in [0.5, 0.6) is 17.4 Å². The van der Waals surface area contributed by atoms with E-state index in [0.29, 0.717) is 34.0 Å². The maximum Gasteiger partial charge on any atom is 0.213 e. The average Bonchev–Trinajstić information content (AvgIpc) is 2.77. The molecule has 1 heterocycles. The van der Waals surface area contributed by atoms with E-state index in [-0.39, 0.29) is 6.61 Å². The van der Waals surface area contributed by atoms with Crippen LogP contribution >= 0.6 is 23.2 Å². The van der Waals surface area contributed by atoms with E-state index in [2.05, 4.69) is 10.3 Å². The van der Waals surface area contributed by atoms with Gasteiger partial charge in [-0.2, -0.15) is 0 Å². The number of pyridine rings is 1. The highest BCUT2D eigenvalue weighted by atomic mass is 35.5. The summed E-state index contributed by atoms with van der Waals surface area (Å²) >= 11 is 12.4. The molecule has 0 saturated heterocycles. The molecule has 0 amide bonds. The van der Waals surface area contributed by atoms with Crippen molar-refractivity contribution in [3.8, 4) is 17.4 Å². The zero-order valence-corrected chi connectivity index (χ0v) is 18.2. The molecule has 0 fully saturated rings. The smallest absolute Gasteiger partial charge is 0.213 e. The van der Waals surface area contributed by atoms with E-state index in [1.165, 1.54) is 0 Å². The summed E-state index contributed by atoms with van der Waals surface area (Å²) < 4.78 is 17.0. The Balaban J connectivity index is 1.45. The molecule has 0 aliphatic heterocycles. The van der Waals surface area contributed by atoms with Crippen molar-refractivity contribution in [1.82, 2.24) is 10.3 Å². The van der Waals surface area contributed by atoms with Crippen LogP contribution in [0.3, 0.4) is 0 Å². The lowest BCUT2D eigenvalue weighted by molar-refractivity contribution is 0.284. The third-order valence-electron chi connectivity index (χ3n) is 4.38. The van der Waals surface area contributed by atoms with Gasteiger partial charge in [-0.1, -0.05) is 41.4 Å². The Labute approximate surface area is 186 Å². The predicted molar refractivity (Wildman–Crippen MR) is 120 cm³/mol. The summed E-state index contributed by atoms with van der Waals surface area (Å²) in [5.74, 6) is 1.95. The van der Waals surface area contributed by atoms with Crippen LogP contribution in [0, 0.1) is 0 Å². The van der Waals surface area contributed by atoms with Crippen molar-refractivity contribution in [1.29, 1.82) is 0 Å². The molecule has 0 aliphatic rings. The highest BCUT2D eigenvalue weighted by Crippen LogP contribution is 2.31. The Morgan fingerprint density at radius 2 is 1.77 bits per heavy atom. The van der Waals surface area contributed by atoms with Crippen LogP contribution in [0.4, 0.5) is 0 Å². The number of ether oxygens (including phenoxy) is 3. The molecular formula is C23H24Cl2N2O3. The Hall–Kier alpha value is -2.47. The highest BCUT2D eigenvalue weighted by molar-refractivity contribution is 6.35. The Bertz CT molecular complexity index is 919. The number of halogens is 2. The quantitative estimate of drug-likeness (QED) is 0.392. The number of hydrogen-bond donors (Lipinski definition) is 1. The summed E-state index contributed by atoms with van der Waals surface area (Å²) in [7, 11) is 1.62.